The van der Waals surface area contributed by atoms with Crippen LogP contribution >= 0.6 is 0 Å². The summed E-state index contributed by atoms with van der Waals surface area (Å²) in [6.07, 6.45) is 18.9. The Morgan fingerprint density at radius 1 is 1.16 bits per heavy atom. The van der Waals surface area contributed by atoms with Gasteiger partial charge in [0.15, 0.2) is 0 Å². The van der Waals surface area contributed by atoms with E-state index in [-0.39, 0.29) is 0 Å². The van der Waals surface area contributed by atoms with Gasteiger partial charge in [-0.2, -0.15) is 0 Å². The summed E-state index contributed by atoms with van der Waals surface area (Å²) < 4.78 is 0. The monoisotopic (exact) mass is 515 g/mol. The molecule has 0 bridgehead atoms. The van der Waals surface area contributed by atoms with Gasteiger partial charge in [-0.15, -0.1) is 0 Å². The molecule has 0 saturated carbocycles. The van der Waals surface area contributed by atoms with Crippen molar-refractivity contribution in [2.45, 2.75) is 105 Å². The van der Waals surface area contributed by atoms with Crippen LogP contribution in [-0.4, -0.2) is 42.8 Å². The SMILES string of the molecule is C/C=C(/C=C/CCCCC)C1=C(N2CCNC[C@@H]2C)C(C)=CCN=C1CCCCc1cccc(C(C)C)c1. The highest BCUT2D eigenvalue weighted by atomic mass is 15.2. The van der Waals surface area contributed by atoms with Gasteiger partial charge in [0.1, 0.15) is 0 Å². The molecule has 0 aromatic heterocycles. The van der Waals surface area contributed by atoms with E-state index in [4.69, 9.17) is 4.99 Å². The molecule has 1 aromatic rings. The number of aliphatic imine (C=N–C) groups is 1. The van der Waals surface area contributed by atoms with Crippen LogP contribution in [0, 0.1) is 0 Å². The molecule has 38 heavy (non-hydrogen) atoms. The first kappa shape index (κ1) is 30.2. The molecule has 1 aromatic carbocycles. The van der Waals surface area contributed by atoms with Crippen molar-refractivity contribution in [1.29, 1.82) is 0 Å². The summed E-state index contributed by atoms with van der Waals surface area (Å²) in [5.41, 5.74) is 9.69. The normalized spacial score (nSPS) is 19.3. The molecule has 1 fully saturated rings. The Morgan fingerprint density at radius 2 is 1.97 bits per heavy atom. The Kier molecular flexibility index (Phi) is 12.6. The highest BCUT2D eigenvalue weighted by Crippen LogP contribution is 2.32. The molecular formula is C35H53N3. The zero-order valence-electron chi connectivity index (χ0n) is 25.2. The summed E-state index contributed by atoms with van der Waals surface area (Å²) in [7, 11) is 0. The summed E-state index contributed by atoms with van der Waals surface area (Å²) in [5.74, 6) is 0.582. The fourth-order valence-corrected chi connectivity index (χ4v) is 5.63. The lowest BCUT2D eigenvalue weighted by Gasteiger charge is -2.39. The number of nitrogens with zero attached hydrogens (tertiary/aromatic N) is 2. The van der Waals surface area contributed by atoms with Crippen LogP contribution in [0.3, 0.4) is 0 Å². The molecule has 0 radical (unpaired) electrons. The van der Waals surface area contributed by atoms with E-state index >= 15 is 0 Å². The first-order valence-electron chi connectivity index (χ1n) is 15.3. The topological polar surface area (TPSA) is 27.6 Å². The summed E-state index contributed by atoms with van der Waals surface area (Å²) in [5, 5.41) is 3.58. The largest absolute Gasteiger partial charge is 0.366 e. The Balaban J connectivity index is 1.85. The molecule has 0 spiro atoms. The number of hydrogen-bond donors (Lipinski definition) is 1. The quantitative estimate of drug-likeness (QED) is 0.210. The number of allylic oxidation sites excluding steroid dienone is 6. The average Bonchev–Trinajstić information content (AvgIpc) is 3.07. The van der Waals surface area contributed by atoms with Crippen molar-refractivity contribution in [3.05, 3.63) is 82.1 Å². The first-order valence-corrected chi connectivity index (χ1v) is 15.3. The molecule has 2 heterocycles. The van der Waals surface area contributed by atoms with Crippen molar-refractivity contribution in [1.82, 2.24) is 10.2 Å². The minimum Gasteiger partial charge on any atom is -0.366 e. The summed E-state index contributed by atoms with van der Waals surface area (Å²) in [6, 6.07) is 9.64. The van der Waals surface area contributed by atoms with E-state index in [1.807, 2.05) is 0 Å². The van der Waals surface area contributed by atoms with Crippen LogP contribution in [0.2, 0.25) is 0 Å². The number of rotatable bonds is 13. The molecule has 0 unspecified atom stereocenters. The lowest BCUT2D eigenvalue weighted by atomic mass is 9.90. The van der Waals surface area contributed by atoms with Gasteiger partial charge in [0.2, 0.25) is 0 Å². The molecule has 2 aliphatic heterocycles. The van der Waals surface area contributed by atoms with E-state index in [1.165, 1.54) is 64.9 Å². The van der Waals surface area contributed by atoms with Gasteiger partial charge in [0.05, 0.1) is 6.54 Å². The van der Waals surface area contributed by atoms with Crippen molar-refractivity contribution in [2.75, 3.05) is 26.2 Å². The minimum absolute atomic E-state index is 0.469. The lowest BCUT2D eigenvalue weighted by Crippen LogP contribution is -2.49. The number of benzene rings is 1. The third kappa shape index (κ3) is 8.56. The van der Waals surface area contributed by atoms with Gasteiger partial charge >= 0.3 is 0 Å². The molecule has 3 heteroatoms. The number of nitrogens with one attached hydrogen (secondary N) is 1. The van der Waals surface area contributed by atoms with Crippen LogP contribution in [-0.2, 0) is 6.42 Å². The molecule has 3 nitrogen and oxygen atoms in total. The minimum atomic E-state index is 0.469. The number of aryl methyl sites for hydroxylation is 1. The predicted molar refractivity (Wildman–Crippen MR) is 167 cm³/mol. The predicted octanol–water partition coefficient (Wildman–Crippen LogP) is 8.55. The maximum absolute atomic E-state index is 5.20. The Morgan fingerprint density at radius 3 is 2.71 bits per heavy atom. The molecule has 0 aliphatic carbocycles. The molecule has 208 valence electrons. The number of unbranched alkanes of at least 4 members (excludes halogenated alkanes) is 4. The smallest absolute Gasteiger partial charge is 0.0580 e. The summed E-state index contributed by atoms with van der Waals surface area (Å²) in [6.45, 7) is 17.6. The van der Waals surface area contributed by atoms with E-state index < -0.39 is 0 Å². The fraction of sp³-hybridized carbons (Fsp3) is 0.571. The van der Waals surface area contributed by atoms with Crippen LogP contribution in [0.15, 0.2) is 76.0 Å². The second-order valence-electron chi connectivity index (χ2n) is 11.4. The van der Waals surface area contributed by atoms with Gasteiger partial charge in [-0.1, -0.05) is 82.2 Å². The van der Waals surface area contributed by atoms with Crippen LogP contribution < -0.4 is 5.32 Å². The van der Waals surface area contributed by atoms with Crippen LogP contribution in [0.5, 0.6) is 0 Å². The van der Waals surface area contributed by atoms with Crippen molar-refractivity contribution in [2.24, 2.45) is 4.99 Å². The van der Waals surface area contributed by atoms with Crippen LogP contribution in [0.25, 0.3) is 0 Å². The molecule has 1 saturated heterocycles. The zero-order valence-corrected chi connectivity index (χ0v) is 25.2. The van der Waals surface area contributed by atoms with Crippen LogP contribution in [0.4, 0.5) is 0 Å². The van der Waals surface area contributed by atoms with E-state index in [0.717, 1.165) is 51.9 Å². The van der Waals surface area contributed by atoms with E-state index in [1.54, 1.807) is 0 Å². The van der Waals surface area contributed by atoms with Crippen molar-refractivity contribution >= 4 is 5.71 Å². The second-order valence-corrected chi connectivity index (χ2v) is 11.4. The molecule has 0 amide bonds. The Bertz CT molecular complexity index is 1040. The van der Waals surface area contributed by atoms with Gasteiger partial charge in [0, 0.05) is 42.7 Å². The van der Waals surface area contributed by atoms with Crippen molar-refractivity contribution in [3.8, 4) is 0 Å². The van der Waals surface area contributed by atoms with Gasteiger partial charge in [0.25, 0.3) is 0 Å². The highest BCUT2D eigenvalue weighted by molar-refractivity contribution is 6.06. The van der Waals surface area contributed by atoms with Gasteiger partial charge in [-0.05, 0) is 87.5 Å². The van der Waals surface area contributed by atoms with E-state index in [0.29, 0.717) is 12.0 Å². The number of hydrogen-bond acceptors (Lipinski definition) is 3. The Labute approximate surface area is 233 Å². The fourth-order valence-electron chi connectivity index (χ4n) is 5.63. The number of piperazine rings is 1. The van der Waals surface area contributed by atoms with Gasteiger partial charge < -0.3 is 10.2 Å². The average molecular weight is 516 g/mol. The van der Waals surface area contributed by atoms with E-state index in [9.17, 15) is 0 Å². The zero-order chi connectivity index (χ0) is 27.3. The lowest BCUT2D eigenvalue weighted by molar-refractivity contribution is 0.226. The molecular weight excluding hydrogens is 462 g/mol. The maximum Gasteiger partial charge on any atom is 0.0580 e. The van der Waals surface area contributed by atoms with Gasteiger partial charge in [-0.3, -0.25) is 4.99 Å². The molecule has 3 rings (SSSR count). The third-order valence-corrected chi connectivity index (χ3v) is 7.99. The van der Waals surface area contributed by atoms with Crippen LogP contribution in [0.1, 0.15) is 104 Å². The Hall–Kier alpha value is -2.39. The van der Waals surface area contributed by atoms with Crippen molar-refractivity contribution < 1.29 is 0 Å². The highest BCUT2D eigenvalue weighted by Gasteiger charge is 2.27. The van der Waals surface area contributed by atoms with E-state index in [2.05, 4.69) is 100 Å². The second kappa shape index (κ2) is 15.9. The molecule has 2 aliphatic rings. The van der Waals surface area contributed by atoms with Gasteiger partial charge in [-0.25, -0.2) is 0 Å². The standard InChI is InChI=1S/C35H53N3/c1-7-9-10-11-12-18-31(8-2)34-33(20-14-13-16-30-17-15-19-32(25-30)27(3)4)37-22-21-28(5)35(34)38-24-23-36-26-29(38)6/h8,12,15,17-19,21,25,27,29,36H,7,9-11,13-14,16,20,22-24,26H2,1-6H3/b18-12+,31-8-/t29-/m0/s1. The maximum atomic E-state index is 5.20. The summed E-state index contributed by atoms with van der Waals surface area (Å²) >= 11 is 0. The third-order valence-electron chi connectivity index (χ3n) is 7.99. The van der Waals surface area contributed by atoms with Crippen molar-refractivity contribution in [3.63, 3.8) is 0 Å². The summed E-state index contributed by atoms with van der Waals surface area (Å²) in [4.78, 5) is 7.84. The molecule has 1 atom stereocenters. The first-order chi connectivity index (χ1) is 18.5. The molecule has 1 N–H and O–H groups in total.